The number of hydrogen-bond acceptors (Lipinski definition) is 5. The Morgan fingerprint density at radius 1 is 1.16 bits per heavy atom. The monoisotopic (exact) mass is 401 g/mol. The minimum absolute atomic E-state index is 0.251. The van der Waals surface area contributed by atoms with Crippen molar-refractivity contribution in [2.75, 3.05) is 0 Å². The quantitative estimate of drug-likeness (QED) is 0.481. The van der Waals surface area contributed by atoms with E-state index in [0.29, 0.717) is 23.2 Å². The number of halogens is 1. The normalized spacial score (nSPS) is 12.1. The molecular formula is C18H16BrN3O3. The lowest BCUT2D eigenvalue weighted by Crippen LogP contribution is -2.24. The molecule has 0 spiro atoms. The van der Waals surface area contributed by atoms with Crippen molar-refractivity contribution < 1.29 is 14.3 Å². The van der Waals surface area contributed by atoms with Crippen molar-refractivity contribution in [3.05, 3.63) is 58.1 Å². The number of fused-ring (bicyclic) bond motifs is 1. The number of benzene rings is 2. The molecule has 6 nitrogen and oxygen atoms in total. The van der Waals surface area contributed by atoms with Gasteiger partial charge in [-0.1, -0.05) is 33.3 Å². The van der Waals surface area contributed by atoms with Crippen LogP contribution in [0.2, 0.25) is 0 Å². The van der Waals surface area contributed by atoms with Gasteiger partial charge >= 0.3 is 5.97 Å². The Morgan fingerprint density at radius 3 is 2.52 bits per heavy atom. The van der Waals surface area contributed by atoms with Crippen molar-refractivity contribution in [3.63, 3.8) is 0 Å². The molecule has 3 aromatic rings. The first-order valence-electron chi connectivity index (χ1n) is 7.83. The number of aromatic nitrogens is 3. The van der Waals surface area contributed by atoms with Crippen LogP contribution in [0.25, 0.3) is 11.0 Å². The summed E-state index contributed by atoms with van der Waals surface area (Å²) in [5, 5.41) is 8.04. The van der Waals surface area contributed by atoms with Gasteiger partial charge in [0.05, 0.1) is 11.1 Å². The molecule has 0 bridgehead atoms. The molecule has 25 heavy (non-hydrogen) atoms. The average Bonchev–Trinajstić information content (AvgIpc) is 3.03. The molecule has 3 rings (SSSR count). The number of carbonyl (C=O) groups excluding carboxylic acids is 2. The minimum atomic E-state index is -0.879. The van der Waals surface area contributed by atoms with Crippen LogP contribution in [0.5, 0.6) is 0 Å². The Morgan fingerprint density at radius 2 is 1.84 bits per heavy atom. The van der Waals surface area contributed by atoms with Gasteiger partial charge in [-0.3, -0.25) is 4.79 Å². The zero-order chi connectivity index (χ0) is 18.0. The van der Waals surface area contributed by atoms with E-state index >= 15 is 0 Å². The molecule has 0 radical (unpaired) electrons. The molecule has 0 fully saturated rings. The predicted molar refractivity (Wildman–Crippen MR) is 96.6 cm³/mol. The summed E-state index contributed by atoms with van der Waals surface area (Å²) in [6.45, 7) is 4.22. The number of rotatable bonds is 5. The lowest BCUT2D eigenvalue weighted by atomic mass is 10.1. The van der Waals surface area contributed by atoms with Crippen LogP contribution in [0.15, 0.2) is 46.9 Å². The van der Waals surface area contributed by atoms with Gasteiger partial charge in [0.2, 0.25) is 5.78 Å². The van der Waals surface area contributed by atoms with Gasteiger partial charge < -0.3 is 4.74 Å². The maximum absolute atomic E-state index is 12.4. The number of aryl methyl sites for hydroxylation is 1. The number of nitrogens with zero attached hydrogens (tertiary/aromatic N) is 3. The fourth-order valence-electron chi connectivity index (χ4n) is 2.46. The van der Waals surface area contributed by atoms with Crippen LogP contribution in [0.1, 0.15) is 34.6 Å². The van der Waals surface area contributed by atoms with Gasteiger partial charge in [-0.15, -0.1) is 5.10 Å². The second-order valence-electron chi connectivity index (χ2n) is 5.53. The molecule has 1 atom stereocenters. The van der Waals surface area contributed by atoms with Crippen LogP contribution in [0.3, 0.4) is 0 Å². The molecule has 0 amide bonds. The average molecular weight is 402 g/mol. The zero-order valence-electron chi connectivity index (χ0n) is 13.8. The third-order valence-corrected chi connectivity index (χ3v) is 4.36. The largest absolute Gasteiger partial charge is 0.451 e. The summed E-state index contributed by atoms with van der Waals surface area (Å²) < 4.78 is 7.93. The Balaban J connectivity index is 1.74. The second kappa shape index (κ2) is 7.14. The van der Waals surface area contributed by atoms with Crippen LogP contribution >= 0.6 is 15.9 Å². The first-order chi connectivity index (χ1) is 12.0. The van der Waals surface area contributed by atoms with Crippen molar-refractivity contribution in [1.29, 1.82) is 0 Å². The van der Waals surface area contributed by atoms with E-state index in [-0.39, 0.29) is 5.78 Å². The standard InChI is InChI=1S/C18H16BrN3O3/c1-3-22-16-9-6-13(10-15(16)20-21-22)18(24)25-11(2)17(23)12-4-7-14(19)8-5-12/h4-11H,3H2,1-2H3/t11-/m0/s1. The summed E-state index contributed by atoms with van der Waals surface area (Å²) >= 11 is 3.32. The van der Waals surface area contributed by atoms with Crippen LogP contribution in [-0.2, 0) is 11.3 Å². The van der Waals surface area contributed by atoms with E-state index in [9.17, 15) is 9.59 Å². The van der Waals surface area contributed by atoms with Gasteiger partial charge in [-0.25, -0.2) is 9.48 Å². The highest BCUT2D eigenvalue weighted by Crippen LogP contribution is 2.17. The molecular weight excluding hydrogens is 386 g/mol. The summed E-state index contributed by atoms with van der Waals surface area (Å²) in [5.41, 5.74) is 2.29. The van der Waals surface area contributed by atoms with Crippen molar-refractivity contribution >= 4 is 38.7 Å². The van der Waals surface area contributed by atoms with E-state index in [1.807, 2.05) is 6.92 Å². The summed E-state index contributed by atoms with van der Waals surface area (Å²) in [5.74, 6) is -0.815. The highest BCUT2D eigenvalue weighted by atomic mass is 79.9. The lowest BCUT2D eigenvalue weighted by Gasteiger charge is -2.12. The second-order valence-corrected chi connectivity index (χ2v) is 6.44. The molecule has 0 aliphatic rings. The van der Waals surface area contributed by atoms with E-state index in [1.165, 1.54) is 0 Å². The predicted octanol–water partition coefficient (Wildman–Crippen LogP) is 3.64. The Kier molecular flexibility index (Phi) is 4.94. The van der Waals surface area contributed by atoms with Crippen LogP contribution < -0.4 is 0 Å². The Bertz CT molecular complexity index is 934. The zero-order valence-corrected chi connectivity index (χ0v) is 15.4. The van der Waals surface area contributed by atoms with Gasteiger partial charge in [0.15, 0.2) is 6.10 Å². The number of hydrogen-bond donors (Lipinski definition) is 0. The molecule has 0 saturated heterocycles. The first-order valence-corrected chi connectivity index (χ1v) is 8.63. The van der Waals surface area contributed by atoms with Crippen LogP contribution in [0.4, 0.5) is 0 Å². The number of ether oxygens (including phenoxy) is 1. The van der Waals surface area contributed by atoms with Crippen molar-refractivity contribution in [1.82, 2.24) is 15.0 Å². The fourth-order valence-corrected chi connectivity index (χ4v) is 2.73. The fraction of sp³-hybridized carbons (Fsp3) is 0.222. The minimum Gasteiger partial charge on any atom is -0.451 e. The molecule has 128 valence electrons. The molecule has 0 saturated carbocycles. The third-order valence-electron chi connectivity index (χ3n) is 3.83. The van der Waals surface area contributed by atoms with Gasteiger partial charge in [-0.2, -0.15) is 0 Å². The molecule has 2 aromatic carbocycles. The highest BCUT2D eigenvalue weighted by molar-refractivity contribution is 9.10. The highest BCUT2D eigenvalue weighted by Gasteiger charge is 2.21. The van der Waals surface area contributed by atoms with Gasteiger partial charge in [0.25, 0.3) is 0 Å². The summed E-state index contributed by atoms with van der Waals surface area (Å²) in [6.07, 6.45) is -0.879. The maximum Gasteiger partial charge on any atom is 0.338 e. The summed E-state index contributed by atoms with van der Waals surface area (Å²) in [6, 6.07) is 12.0. The van der Waals surface area contributed by atoms with Crippen molar-refractivity contribution in [2.45, 2.75) is 26.5 Å². The molecule has 0 N–H and O–H groups in total. The van der Waals surface area contributed by atoms with Crippen LogP contribution in [0, 0.1) is 0 Å². The molecule has 0 unspecified atom stereocenters. The van der Waals surface area contributed by atoms with Gasteiger partial charge in [0, 0.05) is 16.6 Å². The lowest BCUT2D eigenvalue weighted by molar-refractivity contribution is 0.0319. The number of Topliss-reactive ketones (excluding diaryl/α,β-unsaturated/α-hetero) is 1. The van der Waals surface area contributed by atoms with Crippen LogP contribution in [-0.4, -0.2) is 32.9 Å². The van der Waals surface area contributed by atoms with Crippen molar-refractivity contribution in [2.24, 2.45) is 0 Å². The molecule has 0 aliphatic carbocycles. The summed E-state index contributed by atoms with van der Waals surface area (Å²) in [4.78, 5) is 24.7. The SMILES string of the molecule is CCn1nnc2cc(C(=O)O[C@@H](C)C(=O)c3ccc(Br)cc3)ccc21. The van der Waals surface area contributed by atoms with E-state index in [2.05, 4.69) is 26.2 Å². The van der Waals surface area contributed by atoms with E-state index < -0.39 is 12.1 Å². The topological polar surface area (TPSA) is 74.1 Å². The van der Waals surface area contributed by atoms with E-state index in [0.717, 1.165) is 9.99 Å². The Hall–Kier alpha value is -2.54. The van der Waals surface area contributed by atoms with E-state index in [4.69, 9.17) is 4.74 Å². The molecule has 7 heteroatoms. The molecule has 1 aromatic heterocycles. The van der Waals surface area contributed by atoms with Crippen molar-refractivity contribution in [3.8, 4) is 0 Å². The number of ketones is 1. The smallest absolute Gasteiger partial charge is 0.338 e. The molecule has 0 aliphatic heterocycles. The number of esters is 1. The number of carbonyl (C=O) groups is 2. The summed E-state index contributed by atoms with van der Waals surface area (Å²) in [7, 11) is 0. The Labute approximate surface area is 152 Å². The van der Waals surface area contributed by atoms with E-state index in [1.54, 1.807) is 54.1 Å². The van der Waals surface area contributed by atoms with Gasteiger partial charge in [0.1, 0.15) is 5.52 Å². The first kappa shape index (κ1) is 17.3. The maximum atomic E-state index is 12.4. The van der Waals surface area contributed by atoms with Gasteiger partial charge in [-0.05, 0) is 44.2 Å². The third kappa shape index (κ3) is 3.61. The molecule has 1 heterocycles.